The summed E-state index contributed by atoms with van der Waals surface area (Å²) in [7, 11) is 0. The van der Waals surface area contributed by atoms with Gasteiger partial charge in [-0.3, -0.25) is 0 Å². The minimum atomic E-state index is -0.457. The molecule has 0 radical (unpaired) electrons. The summed E-state index contributed by atoms with van der Waals surface area (Å²) in [5.41, 5.74) is -0.457. The topological polar surface area (TPSA) is 38.3 Å². The van der Waals surface area contributed by atoms with Crippen LogP contribution in [0.1, 0.15) is 20.8 Å². The summed E-state index contributed by atoms with van der Waals surface area (Å²) in [6, 6.07) is -0.0403. The van der Waals surface area contributed by atoms with Gasteiger partial charge in [0.1, 0.15) is 5.60 Å². The van der Waals surface area contributed by atoms with E-state index in [0.29, 0.717) is 11.5 Å². The molecule has 0 heterocycles. The van der Waals surface area contributed by atoms with Crippen molar-refractivity contribution in [2.75, 3.05) is 11.5 Å². The first kappa shape index (κ1) is 13.0. The van der Waals surface area contributed by atoms with Crippen LogP contribution in [-0.4, -0.2) is 29.2 Å². The van der Waals surface area contributed by atoms with E-state index in [1.54, 1.807) is 0 Å². The van der Waals surface area contributed by atoms with Crippen LogP contribution in [0.2, 0.25) is 0 Å². The summed E-state index contributed by atoms with van der Waals surface area (Å²) in [5, 5.41) is 2.66. The molecule has 0 spiro atoms. The number of ether oxygens (including phenoxy) is 1. The maximum absolute atomic E-state index is 11.2. The number of alkyl carbamates (subject to hydrolysis) is 1. The molecule has 0 aliphatic rings. The number of hydrogen-bond acceptors (Lipinski definition) is 4. The molecule has 0 unspecified atom stereocenters. The lowest BCUT2D eigenvalue weighted by Gasteiger charge is -2.22. The van der Waals surface area contributed by atoms with Gasteiger partial charge in [-0.2, -0.15) is 25.3 Å². The lowest BCUT2D eigenvalue weighted by atomic mass is 10.2. The van der Waals surface area contributed by atoms with E-state index < -0.39 is 11.7 Å². The monoisotopic (exact) mass is 223 g/mol. The lowest BCUT2D eigenvalue weighted by molar-refractivity contribution is 0.0514. The molecular weight excluding hydrogens is 206 g/mol. The van der Waals surface area contributed by atoms with Crippen LogP contribution >= 0.6 is 25.3 Å². The average Bonchev–Trinajstić information content (AvgIpc) is 1.96. The zero-order valence-electron chi connectivity index (χ0n) is 8.20. The Bertz CT molecular complexity index is 164. The van der Waals surface area contributed by atoms with Crippen molar-refractivity contribution in [3.05, 3.63) is 0 Å². The predicted octanol–water partition coefficient (Wildman–Crippen LogP) is 1.74. The maximum atomic E-state index is 11.2. The largest absolute Gasteiger partial charge is 0.444 e. The highest BCUT2D eigenvalue weighted by atomic mass is 32.1. The molecule has 0 aliphatic carbocycles. The normalized spacial score (nSPS) is 11.5. The molecule has 1 amide bonds. The Morgan fingerprint density at radius 2 is 1.85 bits per heavy atom. The molecule has 3 nitrogen and oxygen atoms in total. The number of thiol groups is 2. The van der Waals surface area contributed by atoms with Gasteiger partial charge in [-0.15, -0.1) is 0 Å². The van der Waals surface area contributed by atoms with Gasteiger partial charge < -0.3 is 10.1 Å². The standard InChI is InChI=1S/C8H17NO2S2/c1-8(2,3)11-7(10)9-6(4-12)5-13/h6,12-13H,4-5H2,1-3H3,(H,9,10). The van der Waals surface area contributed by atoms with Crippen LogP contribution in [0.25, 0.3) is 0 Å². The molecule has 0 saturated carbocycles. The highest BCUT2D eigenvalue weighted by Gasteiger charge is 2.17. The molecule has 0 rings (SSSR count). The predicted molar refractivity (Wildman–Crippen MR) is 60.9 cm³/mol. The van der Waals surface area contributed by atoms with Gasteiger partial charge in [-0.1, -0.05) is 0 Å². The molecule has 5 heteroatoms. The molecule has 13 heavy (non-hydrogen) atoms. The zero-order valence-corrected chi connectivity index (χ0v) is 9.99. The SMILES string of the molecule is CC(C)(C)OC(=O)NC(CS)CS. The number of hydrogen-bond donors (Lipinski definition) is 3. The fraction of sp³-hybridized carbons (Fsp3) is 0.875. The molecule has 1 N–H and O–H groups in total. The van der Waals surface area contributed by atoms with Crippen molar-refractivity contribution in [2.24, 2.45) is 0 Å². The second kappa shape index (κ2) is 5.65. The Morgan fingerprint density at radius 1 is 1.38 bits per heavy atom. The third-order valence-corrected chi connectivity index (χ3v) is 2.04. The lowest BCUT2D eigenvalue weighted by Crippen LogP contribution is -2.41. The molecule has 0 aromatic heterocycles. The van der Waals surface area contributed by atoms with Crippen molar-refractivity contribution in [2.45, 2.75) is 32.4 Å². The van der Waals surface area contributed by atoms with E-state index >= 15 is 0 Å². The van der Waals surface area contributed by atoms with E-state index in [-0.39, 0.29) is 6.04 Å². The Labute approximate surface area is 90.4 Å². The van der Waals surface area contributed by atoms with Crippen LogP contribution in [0.4, 0.5) is 4.79 Å². The van der Waals surface area contributed by atoms with Crippen LogP contribution in [0, 0.1) is 0 Å². The fourth-order valence-electron chi connectivity index (χ4n) is 0.623. The van der Waals surface area contributed by atoms with Crippen LogP contribution in [0.15, 0.2) is 0 Å². The third-order valence-electron chi connectivity index (χ3n) is 1.16. The van der Waals surface area contributed by atoms with Gasteiger partial charge in [0.25, 0.3) is 0 Å². The quantitative estimate of drug-likeness (QED) is 0.638. The first-order valence-corrected chi connectivity index (χ1v) is 5.36. The van der Waals surface area contributed by atoms with E-state index in [1.165, 1.54) is 0 Å². The molecule has 0 aliphatic heterocycles. The smallest absolute Gasteiger partial charge is 0.407 e. The molecule has 0 aromatic carbocycles. The van der Waals surface area contributed by atoms with Gasteiger partial charge in [-0.05, 0) is 20.8 Å². The molecule has 0 atom stereocenters. The van der Waals surface area contributed by atoms with Crippen LogP contribution in [0.5, 0.6) is 0 Å². The highest BCUT2D eigenvalue weighted by molar-refractivity contribution is 7.81. The Balaban J connectivity index is 3.86. The van der Waals surface area contributed by atoms with Gasteiger partial charge in [0.2, 0.25) is 0 Å². The summed E-state index contributed by atoms with van der Waals surface area (Å²) in [6.45, 7) is 5.47. The van der Waals surface area contributed by atoms with Gasteiger partial charge in [-0.25, -0.2) is 4.79 Å². The summed E-state index contributed by atoms with van der Waals surface area (Å²) in [5.74, 6) is 1.12. The summed E-state index contributed by atoms with van der Waals surface area (Å²) in [6.07, 6.45) is -0.416. The maximum Gasteiger partial charge on any atom is 0.407 e. The fourth-order valence-corrected chi connectivity index (χ4v) is 1.27. The summed E-state index contributed by atoms with van der Waals surface area (Å²) >= 11 is 8.13. The Morgan fingerprint density at radius 3 is 2.15 bits per heavy atom. The van der Waals surface area contributed by atoms with Crippen molar-refractivity contribution in [3.8, 4) is 0 Å². The number of rotatable bonds is 3. The second-order valence-corrected chi connectivity index (χ2v) is 4.44. The molecule has 78 valence electrons. The van der Waals surface area contributed by atoms with E-state index in [9.17, 15) is 4.79 Å². The average molecular weight is 223 g/mol. The Hall–Kier alpha value is -0.0300. The van der Waals surface area contributed by atoms with Gasteiger partial charge >= 0.3 is 6.09 Å². The van der Waals surface area contributed by atoms with E-state index in [0.717, 1.165) is 0 Å². The van der Waals surface area contributed by atoms with Gasteiger partial charge in [0.05, 0.1) is 0 Å². The number of nitrogens with one attached hydrogen (secondary N) is 1. The summed E-state index contributed by atoms with van der Waals surface area (Å²) < 4.78 is 5.05. The third kappa shape index (κ3) is 7.07. The van der Waals surface area contributed by atoms with E-state index in [1.807, 2.05) is 20.8 Å². The first-order valence-electron chi connectivity index (χ1n) is 4.10. The zero-order chi connectivity index (χ0) is 10.5. The molecule has 0 bridgehead atoms. The van der Waals surface area contributed by atoms with Crippen molar-refractivity contribution in [1.29, 1.82) is 0 Å². The number of carbonyl (C=O) groups excluding carboxylic acids is 1. The van der Waals surface area contributed by atoms with E-state index in [4.69, 9.17) is 4.74 Å². The Kier molecular flexibility index (Phi) is 5.64. The van der Waals surface area contributed by atoms with E-state index in [2.05, 4.69) is 30.6 Å². The van der Waals surface area contributed by atoms with Gasteiger partial charge in [0, 0.05) is 17.5 Å². The second-order valence-electron chi connectivity index (χ2n) is 3.71. The highest BCUT2D eigenvalue weighted by Crippen LogP contribution is 2.06. The first-order chi connectivity index (χ1) is 5.89. The number of carbonyl (C=O) groups is 1. The minimum absolute atomic E-state index is 0.0403. The molecular formula is C8H17NO2S2. The van der Waals surface area contributed by atoms with Crippen LogP contribution in [-0.2, 0) is 4.74 Å². The van der Waals surface area contributed by atoms with Crippen molar-refractivity contribution in [1.82, 2.24) is 5.32 Å². The minimum Gasteiger partial charge on any atom is -0.444 e. The van der Waals surface area contributed by atoms with Crippen LogP contribution in [0.3, 0.4) is 0 Å². The number of amides is 1. The summed E-state index contributed by atoms with van der Waals surface area (Å²) in [4.78, 5) is 11.2. The van der Waals surface area contributed by atoms with Gasteiger partial charge in [0.15, 0.2) is 0 Å². The van der Waals surface area contributed by atoms with Crippen LogP contribution < -0.4 is 5.32 Å². The van der Waals surface area contributed by atoms with Crippen molar-refractivity contribution in [3.63, 3.8) is 0 Å². The van der Waals surface area contributed by atoms with Crippen molar-refractivity contribution < 1.29 is 9.53 Å². The molecule has 0 saturated heterocycles. The molecule has 0 aromatic rings. The molecule has 0 fully saturated rings. The van der Waals surface area contributed by atoms with Crippen molar-refractivity contribution >= 4 is 31.4 Å².